The molecule has 4 heteroatoms. The van der Waals surface area contributed by atoms with E-state index in [4.69, 9.17) is 9.47 Å². The van der Waals surface area contributed by atoms with Crippen LogP contribution in [-0.4, -0.2) is 30.1 Å². The second-order valence-electron chi connectivity index (χ2n) is 7.20. The summed E-state index contributed by atoms with van der Waals surface area (Å²) in [6, 6.07) is 6.34. The Bertz CT molecular complexity index is 617. The van der Waals surface area contributed by atoms with E-state index in [-0.39, 0.29) is 17.1 Å². The van der Waals surface area contributed by atoms with Crippen LogP contribution in [0.3, 0.4) is 0 Å². The summed E-state index contributed by atoms with van der Waals surface area (Å²) < 4.78 is 11.4. The summed E-state index contributed by atoms with van der Waals surface area (Å²) >= 11 is 0. The van der Waals surface area contributed by atoms with Crippen molar-refractivity contribution in [2.24, 2.45) is 0 Å². The number of nitrogens with zero attached hydrogens (tertiary/aromatic N) is 1. The van der Waals surface area contributed by atoms with Crippen LogP contribution in [-0.2, 0) is 33.0 Å². The summed E-state index contributed by atoms with van der Waals surface area (Å²) in [5.74, 6) is -0.0798. The molecule has 2 rings (SSSR count). The van der Waals surface area contributed by atoms with E-state index in [2.05, 4.69) is 45.5 Å². The topological polar surface area (TPSA) is 38.8 Å². The van der Waals surface area contributed by atoms with Crippen LogP contribution >= 0.6 is 0 Å². The van der Waals surface area contributed by atoms with Crippen LogP contribution in [0.5, 0.6) is 0 Å². The predicted octanol–water partition coefficient (Wildman–Crippen LogP) is 3.78. The van der Waals surface area contributed by atoms with Crippen molar-refractivity contribution in [3.63, 3.8) is 0 Å². The third kappa shape index (κ3) is 3.87. The summed E-state index contributed by atoms with van der Waals surface area (Å²) in [7, 11) is 1.69. The number of fused-ring (bicyclic) bond motifs is 1. The molecule has 132 valence electrons. The molecule has 0 spiro atoms. The van der Waals surface area contributed by atoms with Gasteiger partial charge in [0.15, 0.2) is 0 Å². The van der Waals surface area contributed by atoms with Crippen molar-refractivity contribution >= 4 is 5.91 Å². The number of carbonyl (C=O) groups is 1. The highest BCUT2D eigenvalue weighted by Crippen LogP contribution is 2.36. The van der Waals surface area contributed by atoms with E-state index < -0.39 is 0 Å². The van der Waals surface area contributed by atoms with Crippen LogP contribution in [0.15, 0.2) is 30.9 Å². The van der Waals surface area contributed by atoms with Crippen molar-refractivity contribution < 1.29 is 14.3 Å². The number of hydrogen-bond donors (Lipinski definition) is 0. The molecule has 0 N–H and O–H groups in total. The Hall–Kier alpha value is -1.65. The van der Waals surface area contributed by atoms with Crippen molar-refractivity contribution in [3.8, 4) is 0 Å². The fourth-order valence-electron chi connectivity index (χ4n) is 3.07. The first-order valence-electron chi connectivity index (χ1n) is 8.47. The monoisotopic (exact) mass is 331 g/mol. The summed E-state index contributed by atoms with van der Waals surface area (Å²) in [5, 5.41) is 0. The van der Waals surface area contributed by atoms with Crippen LogP contribution in [0.1, 0.15) is 50.8 Å². The molecule has 0 saturated carbocycles. The Morgan fingerprint density at radius 3 is 2.79 bits per heavy atom. The van der Waals surface area contributed by atoms with Gasteiger partial charge < -0.3 is 14.4 Å². The van der Waals surface area contributed by atoms with E-state index in [1.54, 1.807) is 12.0 Å². The zero-order chi connectivity index (χ0) is 18.0. The van der Waals surface area contributed by atoms with Crippen LogP contribution < -0.4 is 0 Å². The maximum Gasteiger partial charge on any atom is 0.246 e. The molecule has 1 aliphatic heterocycles. The van der Waals surface area contributed by atoms with E-state index in [0.717, 1.165) is 12.0 Å². The predicted molar refractivity (Wildman–Crippen MR) is 95.6 cm³/mol. The van der Waals surface area contributed by atoms with Crippen LogP contribution in [0, 0.1) is 0 Å². The zero-order valence-corrected chi connectivity index (χ0v) is 15.5. The lowest BCUT2D eigenvalue weighted by Crippen LogP contribution is -2.43. The van der Waals surface area contributed by atoms with Gasteiger partial charge in [-0.05, 0) is 50.0 Å². The Labute approximate surface area is 145 Å². The minimum atomic E-state index is -0.361. The lowest BCUT2D eigenvalue weighted by atomic mass is 9.94. The Morgan fingerprint density at radius 1 is 1.50 bits per heavy atom. The normalized spacial score (nSPS) is 17.9. The first kappa shape index (κ1) is 18.7. The Morgan fingerprint density at radius 2 is 2.21 bits per heavy atom. The number of carbonyl (C=O) groups excluding carboxylic acids is 1. The van der Waals surface area contributed by atoms with Gasteiger partial charge in [-0.1, -0.05) is 31.7 Å². The minimum Gasteiger partial charge on any atom is -0.377 e. The molecule has 1 heterocycles. The number of amides is 1. The maximum absolute atomic E-state index is 12.3. The SMILES string of the molecule is C=CC(=O)N(Cc1ccc2c(c1)COC2(C)C)CC(C)(CC)OC. The Balaban J connectivity index is 2.21. The van der Waals surface area contributed by atoms with Crippen molar-refractivity contribution in [2.45, 2.75) is 58.5 Å². The van der Waals surface area contributed by atoms with Gasteiger partial charge in [0.05, 0.1) is 24.4 Å². The van der Waals surface area contributed by atoms with Crippen molar-refractivity contribution in [1.82, 2.24) is 4.90 Å². The standard InChI is InChI=1S/C20H29NO3/c1-7-18(22)21(14-20(5,8-2)23-6)12-15-9-10-17-16(11-15)13-24-19(17,3)4/h7,9-11H,1,8,12-14H2,2-6H3. The second kappa shape index (κ2) is 7.08. The molecule has 1 atom stereocenters. The molecule has 1 amide bonds. The summed E-state index contributed by atoms with van der Waals surface area (Å²) in [5.41, 5.74) is 2.93. The highest BCUT2D eigenvalue weighted by molar-refractivity contribution is 5.87. The van der Waals surface area contributed by atoms with Crippen LogP contribution in [0.4, 0.5) is 0 Å². The van der Waals surface area contributed by atoms with Gasteiger partial charge in [-0.3, -0.25) is 4.79 Å². The third-order valence-electron chi connectivity index (χ3n) is 5.03. The zero-order valence-electron chi connectivity index (χ0n) is 15.5. The van der Waals surface area contributed by atoms with E-state index >= 15 is 0 Å². The summed E-state index contributed by atoms with van der Waals surface area (Å²) in [6.45, 7) is 13.6. The first-order valence-corrected chi connectivity index (χ1v) is 8.47. The van der Waals surface area contributed by atoms with Crippen LogP contribution in [0.25, 0.3) is 0 Å². The van der Waals surface area contributed by atoms with Crippen LogP contribution in [0.2, 0.25) is 0 Å². The molecule has 0 aromatic heterocycles. The molecule has 1 unspecified atom stereocenters. The third-order valence-corrected chi connectivity index (χ3v) is 5.03. The molecular formula is C20H29NO3. The van der Waals surface area contributed by atoms with Gasteiger partial charge in [-0.2, -0.15) is 0 Å². The fraction of sp³-hybridized carbons (Fsp3) is 0.550. The molecule has 1 aliphatic rings. The summed E-state index contributed by atoms with van der Waals surface area (Å²) in [4.78, 5) is 14.1. The van der Waals surface area contributed by atoms with Gasteiger partial charge in [-0.15, -0.1) is 0 Å². The number of methoxy groups -OCH3 is 1. The molecule has 4 nitrogen and oxygen atoms in total. The lowest BCUT2D eigenvalue weighted by molar-refractivity contribution is -0.131. The van der Waals surface area contributed by atoms with Gasteiger partial charge in [0.25, 0.3) is 0 Å². The molecule has 1 aromatic rings. The molecule has 0 aliphatic carbocycles. The maximum atomic E-state index is 12.3. The molecule has 0 saturated heterocycles. The van der Waals surface area contributed by atoms with Gasteiger partial charge in [0, 0.05) is 13.7 Å². The highest BCUT2D eigenvalue weighted by Gasteiger charge is 2.31. The van der Waals surface area contributed by atoms with Gasteiger partial charge in [0.2, 0.25) is 5.91 Å². The average molecular weight is 331 g/mol. The first-order chi connectivity index (χ1) is 11.2. The molecular weight excluding hydrogens is 302 g/mol. The largest absolute Gasteiger partial charge is 0.377 e. The quantitative estimate of drug-likeness (QED) is 0.714. The molecule has 0 radical (unpaired) electrons. The highest BCUT2D eigenvalue weighted by atomic mass is 16.5. The fourth-order valence-corrected chi connectivity index (χ4v) is 3.07. The number of benzene rings is 1. The van der Waals surface area contributed by atoms with E-state index in [9.17, 15) is 4.79 Å². The minimum absolute atomic E-state index is 0.0798. The van der Waals surface area contributed by atoms with Crippen molar-refractivity contribution in [1.29, 1.82) is 0 Å². The van der Waals surface area contributed by atoms with Gasteiger partial charge in [-0.25, -0.2) is 0 Å². The smallest absolute Gasteiger partial charge is 0.246 e. The van der Waals surface area contributed by atoms with Gasteiger partial charge >= 0.3 is 0 Å². The summed E-state index contributed by atoms with van der Waals surface area (Å²) in [6.07, 6.45) is 2.20. The molecule has 0 bridgehead atoms. The van der Waals surface area contributed by atoms with Crippen molar-refractivity contribution in [2.75, 3.05) is 13.7 Å². The average Bonchev–Trinajstić information content (AvgIpc) is 2.88. The van der Waals surface area contributed by atoms with Gasteiger partial charge in [0.1, 0.15) is 0 Å². The van der Waals surface area contributed by atoms with Crippen molar-refractivity contribution in [3.05, 3.63) is 47.5 Å². The number of hydrogen-bond acceptors (Lipinski definition) is 3. The number of rotatable bonds is 7. The molecule has 24 heavy (non-hydrogen) atoms. The molecule has 1 aromatic carbocycles. The van der Waals surface area contributed by atoms with E-state index in [1.165, 1.54) is 17.2 Å². The number of ether oxygens (including phenoxy) is 2. The second-order valence-corrected chi connectivity index (χ2v) is 7.20. The Kier molecular flexibility index (Phi) is 5.51. The van der Waals surface area contributed by atoms with E-state index in [0.29, 0.717) is 19.7 Å². The lowest BCUT2D eigenvalue weighted by Gasteiger charge is -2.33. The van der Waals surface area contributed by atoms with E-state index in [1.807, 2.05) is 6.92 Å². The molecule has 0 fully saturated rings.